The largest absolute Gasteiger partial charge is 0.298 e. The Kier molecular flexibility index (Phi) is 3.07. The molecule has 18 heavy (non-hydrogen) atoms. The van der Waals surface area contributed by atoms with Gasteiger partial charge in [0, 0.05) is 31.1 Å². The lowest BCUT2D eigenvalue weighted by molar-refractivity contribution is -0.116. The first-order valence-corrected chi connectivity index (χ1v) is 6.39. The molecule has 0 amide bonds. The summed E-state index contributed by atoms with van der Waals surface area (Å²) in [6.07, 6.45) is 3.51. The third-order valence-electron chi connectivity index (χ3n) is 3.52. The van der Waals surface area contributed by atoms with Crippen molar-refractivity contribution < 1.29 is 4.79 Å². The van der Waals surface area contributed by atoms with Crippen LogP contribution in [0.25, 0.3) is 10.9 Å². The van der Waals surface area contributed by atoms with E-state index < -0.39 is 0 Å². The van der Waals surface area contributed by atoms with E-state index in [1.165, 1.54) is 10.9 Å². The first kappa shape index (κ1) is 11.4. The van der Waals surface area contributed by atoms with Crippen LogP contribution in [0.5, 0.6) is 0 Å². The topological polar surface area (TPSA) is 33.2 Å². The van der Waals surface area contributed by atoms with Crippen LogP contribution in [0.1, 0.15) is 12.0 Å². The zero-order chi connectivity index (χ0) is 12.4. The summed E-state index contributed by atoms with van der Waals surface area (Å²) < 4.78 is 0. The third kappa shape index (κ3) is 2.27. The van der Waals surface area contributed by atoms with Crippen molar-refractivity contribution in [2.75, 3.05) is 19.6 Å². The Morgan fingerprint density at radius 2 is 2.11 bits per heavy atom. The number of carbonyl (C=O) groups excluding carboxylic acids is 1. The van der Waals surface area contributed by atoms with Crippen LogP contribution in [0.4, 0.5) is 0 Å². The Balaban J connectivity index is 1.76. The second-order valence-electron chi connectivity index (χ2n) is 4.81. The number of hydrogen-bond acceptors (Lipinski definition) is 3. The first-order valence-electron chi connectivity index (χ1n) is 6.39. The average molecular weight is 240 g/mol. The maximum atomic E-state index is 11.2. The number of carbonyl (C=O) groups is 1. The van der Waals surface area contributed by atoms with Crippen molar-refractivity contribution in [2.45, 2.75) is 12.8 Å². The second kappa shape index (κ2) is 4.86. The van der Waals surface area contributed by atoms with Gasteiger partial charge in [0.1, 0.15) is 5.78 Å². The summed E-state index contributed by atoms with van der Waals surface area (Å²) in [6.45, 7) is 2.48. The molecule has 1 aliphatic heterocycles. The first-order chi connectivity index (χ1) is 8.83. The maximum Gasteiger partial charge on any atom is 0.148 e. The van der Waals surface area contributed by atoms with Crippen molar-refractivity contribution in [2.24, 2.45) is 0 Å². The van der Waals surface area contributed by atoms with Gasteiger partial charge in [0.2, 0.25) is 0 Å². The molecule has 2 heterocycles. The number of para-hydroxylation sites is 1. The molecule has 2 aromatic rings. The van der Waals surface area contributed by atoms with Gasteiger partial charge in [-0.15, -0.1) is 0 Å². The number of nitrogens with zero attached hydrogens (tertiary/aromatic N) is 2. The summed E-state index contributed by atoms with van der Waals surface area (Å²) in [7, 11) is 0. The minimum Gasteiger partial charge on any atom is -0.298 e. The number of likely N-dealkylation sites (tertiary alicyclic amines) is 1. The molecule has 0 atom stereocenters. The quantitative estimate of drug-likeness (QED) is 0.823. The zero-order valence-electron chi connectivity index (χ0n) is 10.3. The van der Waals surface area contributed by atoms with Gasteiger partial charge in [0.25, 0.3) is 0 Å². The normalized spacial score (nSPS) is 16.6. The molecule has 1 aliphatic rings. The van der Waals surface area contributed by atoms with Gasteiger partial charge < -0.3 is 0 Å². The molecule has 0 bridgehead atoms. The van der Waals surface area contributed by atoms with Gasteiger partial charge >= 0.3 is 0 Å². The molecule has 1 fully saturated rings. The van der Waals surface area contributed by atoms with E-state index in [2.05, 4.69) is 34.1 Å². The van der Waals surface area contributed by atoms with Crippen molar-refractivity contribution in [3.05, 3.63) is 42.1 Å². The highest BCUT2D eigenvalue weighted by atomic mass is 16.1. The fourth-order valence-corrected chi connectivity index (χ4v) is 2.53. The molecule has 92 valence electrons. The van der Waals surface area contributed by atoms with Crippen molar-refractivity contribution in [1.29, 1.82) is 0 Å². The lowest BCUT2D eigenvalue weighted by Gasteiger charge is -2.13. The summed E-state index contributed by atoms with van der Waals surface area (Å²) in [6, 6.07) is 10.4. The van der Waals surface area contributed by atoms with E-state index in [4.69, 9.17) is 0 Å². The SMILES string of the molecule is O=C1CCN(CCc2cccc3cccnc23)C1. The monoisotopic (exact) mass is 240 g/mol. The number of hydrogen-bond donors (Lipinski definition) is 0. The Morgan fingerprint density at radius 3 is 2.94 bits per heavy atom. The van der Waals surface area contributed by atoms with E-state index in [1.54, 1.807) is 0 Å². The molecular weight excluding hydrogens is 224 g/mol. The minimum absolute atomic E-state index is 0.367. The molecule has 3 rings (SSSR count). The molecule has 0 radical (unpaired) electrons. The highest BCUT2D eigenvalue weighted by Gasteiger charge is 2.18. The van der Waals surface area contributed by atoms with Crippen LogP contribution in [-0.2, 0) is 11.2 Å². The molecule has 0 spiro atoms. The lowest BCUT2D eigenvalue weighted by atomic mass is 10.1. The van der Waals surface area contributed by atoms with Crippen LogP contribution in [0.2, 0.25) is 0 Å². The van der Waals surface area contributed by atoms with Crippen molar-refractivity contribution >= 4 is 16.7 Å². The van der Waals surface area contributed by atoms with Gasteiger partial charge in [-0.1, -0.05) is 24.3 Å². The fourth-order valence-electron chi connectivity index (χ4n) is 2.53. The van der Waals surface area contributed by atoms with Gasteiger partial charge in [-0.2, -0.15) is 0 Å². The van der Waals surface area contributed by atoms with E-state index >= 15 is 0 Å². The zero-order valence-corrected chi connectivity index (χ0v) is 10.3. The van der Waals surface area contributed by atoms with Gasteiger partial charge in [-0.3, -0.25) is 14.7 Å². The molecule has 3 nitrogen and oxygen atoms in total. The smallest absolute Gasteiger partial charge is 0.148 e. The summed E-state index contributed by atoms with van der Waals surface area (Å²) in [5.41, 5.74) is 2.36. The molecule has 0 aliphatic carbocycles. The molecule has 0 N–H and O–H groups in total. The van der Waals surface area contributed by atoms with E-state index in [1.807, 2.05) is 12.3 Å². The number of benzene rings is 1. The van der Waals surface area contributed by atoms with Gasteiger partial charge in [0.05, 0.1) is 12.1 Å². The Labute approximate surface area is 106 Å². The number of aromatic nitrogens is 1. The standard InChI is InChI=1S/C15H16N2O/c18-14-7-10-17(11-14)9-6-13-4-1-3-12-5-2-8-16-15(12)13/h1-5,8H,6-7,9-11H2. The summed E-state index contributed by atoms with van der Waals surface area (Å²) in [4.78, 5) is 17.9. The van der Waals surface area contributed by atoms with Crippen LogP contribution < -0.4 is 0 Å². The Hall–Kier alpha value is -1.74. The van der Waals surface area contributed by atoms with Gasteiger partial charge in [-0.05, 0) is 18.1 Å². The highest BCUT2D eigenvalue weighted by Crippen LogP contribution is 2.17. The fraction of sp³-hybridized carbons (Fsp3) is 0.333. The molecule has 0 unspecified atom stereocenters. The lowest BCUT2D eigenvalue weighted by Crippen LogP contribution is -2.23. The predicted molar refractivity (Wildman–Crippen MR) is 71.5 cm³/mol. The second-order valence-corrected chi connectivity index (χ2v) is 4.81. The van der Waals surface area contributed by atoms with E-state index in [0.717, 1.165) is 25.0 Å². The average Bonchev–Trinajstić information content (AvgIpc) is 2.82. The summed E-state index contributed by atoms with van der Waals surface area (Å²) >= 11 is 0. The Bertz CT molecular complexity index is 574. The number of ketones is 1. The number of pyridine rings is 1. The van der Waals surface area contributed by atoms with Crippen molar-refractivity contribution in [3.8, 4) is 0 Å². The molecule has 1 saturated heterocycles. The molecule has 3 heteroatoms. The van der Waals surface area contributed by atoms with Gasteiger partial charge in [0.15, 0.2) is 0 Å². The maximum absolute atomic E-state index is 11.2. The van der Waals surface area contributed by atoms with Crippen LogP contribution in [0.3, 0.4) is 0 Å². The molecular formula is C15H16N2O. The van der Waals surface area contributed by atoms with Crippen LogP contribution >= 0.6 is 0 Å². The number of Topliss-reactive ketones (excluding diaryl/α,β-unsaturated/α-hetero) is 1. The van der Waals surface area contributed by atoms with Crippen LogP contribution in [0, 0.1) is 0 Å². The van der Waals surface area contributed by atoms with Crippen molar-refractivity contribution in [3.63, 3.8) is 0 Å². The Morgan fingerprint density at radius 1 is 1.22 bits per heavy atom. The van der Waals surface area contributed by atoms with Crippen LogP contribution in [0.15, 0.2) is 36.5 Å². The highest BCUT2D eigenvalue weighted by molar-refractivity contribution is 5.83. The van der Waals surface area contributed by atoms with Crippen molar-refractivity contribution in [1.82, 2.24) is 9.88 Å². The van der Waals surface area contributed by atoms with E-state index in [-0.39, 0.29) is 0 Å². The predicted octanol–water partition coefficient (Wildman–Crippen LogP) is 2.05. The van der Waals surface area contributed by atoms with E-state index in [0.29, 0.717) is 18.7 Å². The summed E-state index contributed by atoms with van der Waals surface area (Å²) in [5, 5.41) is 1.19. The number of fused-ring (bicyclic) bond motifs is 1. The summed E-state index contributed by atoms with van der Waals surface area (Å²) in [5.74, 6) is 0.367. The molecule has 1 aromatic carbocycles. The molecule has 1 aromatic heterocycles. The minimum atomic E-state index is 0.367. The number of rotatable bonds is 3. The molecule has 0 saturated carbocycles. The van der Waals surface area contributed by atoms with Gasteiger partial charge in [-0.25, -0.2) is 0 Å². The third-order valence-corrected chi connectivity index (χ3v) is 3.52. The van der Waals surface area contributed by atoms with E-state index in [9.17, 15) is 4.79 Å². The van der Waals surface area contributed by atoms with Crippen LogP contribution in [-0.4, -0.2) is 35.3 Å².